The van der Waals surface area contributed by atoms with Crippen molar-refractivity contribution >= 4 is 44.6 Å². The second-order valence-corrected chi connectivity index (χ2v) is 16.9. The van der Waals surface area contributed by atoms with Crippen molar-refractivity contribution in [2.75, 3.05) is 13.7 Å². The van der Waals surface area contributed by atoms with Crippen LogP contribution in [0.2, 0.25) is 0 Å². The molecule has 1 aromatic heterocycles. The van der Waals surface area contributed by atoms with Crippen molar-refractivity contribution in [2.24, 2.45) is 17.8 Å². The minimum absolute atomic E-state index is 0.0547. The number of nitrogens with one attached hydrogen (secondary N) is 3. The Labute approximate surface area is 295 Å². The fourth-order valence-electron chi connectivity index (χ4n) is 7.27. The number of hydrogen-bond donors (Lipinski definition) is 4. The van der Waals surface area contributed by atoms with E-state index in [-0.39, 0.29) is 36.6 Å². The van der Waals surface area contributed by atoms with Gasteiger partial charge in [-0.15, -0.1) is 0 Å². The summed E-state index contributed by atoms with van der Waals surface area (Å²) in [5.74, 6) is -3.19. The molecule has 4 amide bonds. The number of fused-ring (bicyclic) bond motifs is 3. The van der Waals surface area contributed by atoms with Crippen LogP contribution < -0.4 is 24.8 Å². The van der Waals surface area contributed by atoms with Gasteiger partial charge in [-0.1, -0.05) is 26.0 Å². The van der Waals surface area contributed by atoms with Crippen LogP contribution in [0.1, 0.15) is 65.7 Å². The van der Waals surface area contributed by atoms with Crippen molar-refractivity contribution in [3.05, 3.63) is 42.4 Å². The molecule has 16 heteroatoms. The summed E-state index contributed by atoms with van der Waals surface area (Å²) in [6.45, 7) is 5.19. The maximum absolute atomic E-state index is 14.8. The average Bonchev–Trinajstić information content (AvgIpc) is 3.96. The number of carbonyl (C=O) groups is 4. The van der Waals surface area contributed by atoms with E-state index in [4.69, 9.17) is 9.47 Å². The van der Waals surface area contributed by atoms with Gasteiger partial charge in [0.25, 0.3) is 5.91 Å². The quantitative estimate of drug-likeness (QED) is 0.308. The lowest BCUT2D eigenvalue weighted by Gasteiger charge is -2.32. The first-order valence-corrected chi connectivity index (χ1v) is 18.7. The Morgan fingerprint density at radius 3 is 2.59 bits per heavy atom. The highest BCUT2D eigenvalue weighted by molar-refractivity contribution is 7.91. The van der Waals surface area contributed by atoms with Crippen molar-refractivity contribution in [3.8, 4) is 11.6 Å². The third-order valence-corrected chi connectivity index (χ3v) is 13.0. The van der Waals surface area contributed by atoms with Crippen LogP contribution in [-0.4, -0.2) is 89.4 Å². The van der Waals surface area contributed by atoms with Crippen molar-refractivity contribution in [2.45, 2.75) is 94.2 Å². The molecule has 2 aromatic rings. The Kier molecular flexibility index (Phi) is 9.67. The van der Waals surface area contributed by atoms with Gasteiger partial charge in [0.2, 0.25) is 27.7 Å². The largest absolute Gasteiger partial charge is 0.497 e. The van der Waals surface area contributed by atoms with Gasteiger partial charge in [-0.25, -0.2) is 22.6 Å². The van der Waals surface area contributed by atoms with Crippen molar-refractivity contribution < 1.29 is 46.6 Å². The van der Waals surface area contributed by atoms with Crippen LogP contribution >= 0.6 is 0 Å². The van der Waals surface area contributed by atoms with E-state index >= 15 is 0 Å². The van der Waals surface area contributed by atoms with Crippen molar-refractivity contribution in [1.82, 2.24) is 25.2 Å². The van der Waals surface area contributed by atoms with E-state index in [2.05, 4.69) is 20.3 Å². The molecular formula is C35H44FN5O9S. The SMILES string of the molecule is COc1ccc2c(O[C@@H]3C[C@H]4C(=O)N[C@]5(C(=O)NS(=O)(=O)C6(C)CC6)C[C@H]5C=CCC[C@@H](C)C[C@@H](C)[C@H](NC(=O)O)C(=O)N4C3)ncc(F)c2c1. The number of rotatable bonds is 7. The molecule has 4 aliphatic rings. The number of methoxy groups -OCH3 is 1. The summed E-state index contributed by atoms with van der Waals surface area (Å²) in [5.41, 5.74) is -1.58. The predicted molar refractivity (Wildman–Crippen MR) is 183 cm³/mol. The number of halogens is 1. The molecule has 0 unspecified atom stereocenters. The fraction of sp³-hybridized carbons (Fsp3) is 0.571. The highest BCUT2D eigenvalue weighted by Crippen LogP contribution is 2.47. The van der Waals surface area contributed by atoms with Crippen molar-refractivity contribution in [3.63, 3.8) is 0 Å². The first kappa shape index (κ1) is 36.3. The highest BCUT2D eigenvalue weighted by Gasteiger charge is 2.63. The molecule has 0 spiro atoms. The standard InChI is InChI=1S/C35H44FN5O9S/c1-19-7-5-6-8-21-16-35(21,32(44)40-51(47,48)34(3)11-12-34)39-29(42)27-15-23(18-41(27)31(43)28(20(2)13-19)38-33(45)46)50-30-24-10-9-22(49-4)14-25(24)26(36)17-37-30/h6,8-10,14,17,19-21,23,27-28,38H,5,7,11-13,15-16,18H2,1-4H3,(H,39,42)(H,40,44)(H,45,46)/t19-,20-,21-,23-,27+,28+,35-/m1/s1. The molecule has 0 radical (unpaired) electrons. The zero-order chi connectivity index (χ0) is 36.9. The van der Waals surface area contributed by atoms with Crippen LogP contribution in [0.25, 0.3) is 10.8 Å². The third kappa shape index (κ3) is 7.19. The Bertz CT molecular complexity index is 1890. The van der Waals surface area contributed by atoms with Crippen molar-refractivity contribution in [1.29, 1.82) is 0 Å². The minimum atomic E-state index is -4.02. The molecule has 1 aromatic carbocycles. The Morgan fingerprint density at radius 2 is 1.90 bits per heavy atom. The minimum Gasteiger partial charge on any atom is -0.497 e. The predicted octanol–water partition coefficient (Wildman–Crippen LogP) is 3.25. The van der Waals surface area contributed by atoms with E-state index in [9.17, 15) is 37.1 Å². The summed E-state index contributed by atoms with van der Waals surface area (Å²) in [5, 5.41) is 15.4. The molecule has 2 saturated carbocycles. The number of allylic oxidation sites excluding steroid dienone is 1. The number of aromatic nitrogens is 1. The van der Waals surface area contributed by atoms with E-state index in [1.807, 2.05) is 19.1 Å². The van der Waals surface area contributed by atoms with Crippen LogP contribution in [-0.2, 0) is 24.4 Å². The molecule has 14 nitrogen and oxygen atoms in total. The van der Waals surface area contributed by atoms with Gasteiger partial charge in [-0.3, -0.25) is 19.1 Å². The maximum atomic E-state index is 14.8. The first-order chi connectivity index (χ1) is 24.1. The second kappa shape index (κ2) is 13.6. The van der Waals surface area contributed by atoms with Gasteiger partial charge in [0.05, 0.1) is 24.6 Å². The number of hydrogen-bond acceptors (Lipinski definition) is 9. The van der Waals surface area contributed by atoms with Crippen LogP contribution in [0, 0.1) is 23.6 Å². The lowest BCUT2D eigenvalue weighted by Crippen LogP contribution is -2.59. The molecule has 2 aliphatic heterocycles. The van der Waals surface area contributed by atoms with Gasteiger partial charge in [0, 0.05) is 23.1 Å². The van der Waals surface area contributed by atoms with Crippen LogP contribution in [0.15, 0.2) is 36.5 Å². The monoisotopic (exact) mass is 729 g/mol. The highest BCUT2D eigenvalue weighted by atomic mass is 32.2. The summed E-state index contributed by atoms with van der Waals surface area (Å²) >= 11 is 0. The number of benzene rings is 1. The number of amides is 4. The normalized spacial score (nSPS) is 30.6. The van der Waals surface area contributed by atoms with E-state index in [1.165, 1.54) is 18.1 Å². The third-order valence-electron chi connectivity index (χ3n) is 10.8. The Morgan fingerprint density at radius 1 is 1.16 bits per heavy atom. The molecule has 4 N–H and O–H groups in total. The lowest BCUT2D eigenvalue weighted by atomic mass is 9.88. The van der Waals surface area contributed by atoms with E-state index in [0.717, 1.165) is 6.20 Å². The number of ether oxygens (including phenoxy) is 2. The molecule has 276 valence electrons. The second-order valence-electron chi connectivity index (χ2n) is 14.7. The van der Waals surface area contributed by atoms with Gasteiger partial charge in [0.15, 0.2) is 0 Å². The van der Waals surface area contributed by atoms with Gasteiger partial charge < -0.3 is 30.1 Å². The molecule has 51 heavy (non-hydrogen) atoms. The average molecular weight is 730 g/mol. The molecule has 7 atom stereocenters. The van der Waals surface area contributed by atoms with Gasteiger partial charge in [0.1, 0.15) is 35.3 Å². The number of carbonyl (C=O) groups excluding carboxylic acids is 3. The van der Waals surface area contributed by atoms with Crippen LogP contribution in [0.4, 0.5) is 9.18 Å². The Hall–Kier alpha value is -4.47. The topological polar surface area (TPSA) is 193 Å². The molecule has 6 rings (SSSR count). The number of sulfonamides is 1. The van der Waals surface area contributed by atoms with Gasteiger partial charge in [-0.2, -0.15) is 0 Å². The lowest BCUT2D eigenvalue weighted by molar-refractivity contribution is -0.142. The molecular weight excluding hydrogens is 685 g/mol. The van der Waals surface area contributed by atoms with Crippen LogP contribution in [0.5, 0.6) is 11.6 Å². The molecule has 3 fully saturated rings. The molecule has 3 heterocycles. The fourth-order valence-corrected chi connectivity index (χ4v) is 8.58. The van der Waals surface area contributed by atoms with E-state index in [0.29, 0.717) is 43.2 Å². The number of carboxylic acid groups (broad SMARTS) is 1. The summed E-state index contributed by atoms with van der Waals surface area (Å²) in [6.07, 6.45) is 5.22. The van der Waals surface area contributed by atoms with Gasteiger partial charge in [-0.05, 0) is 75.5 Å². The maximum Gasteiger partial charge on any atom is 0.405 e. The molecule has 2 aliphatic carbocycles. The zero-order valence-electron chi connectivity index (χ0n) is 29.0. The van der Waals surface area contributed by atoms with Gasteiger partial charge >= 0.3 is 6.09 Å². The van der Waals surface area contributed by atoms with E-state index in [1.54, 1.807) is 26.0 Å². The Balaban J connectivity index is 1.34. The van der Waals surface area contributed by atoms with E-state index < -0.39 is 80.0 Å². The number of pyridine rings is 1. The summed E-state index contributed by atoms with van der Waals surface area (Å²) in [7, 11) is -2.57. The summed E-state index contributed by atoms with van der Waals surface area (Å²) in [6, 6.07) is 2.27. The van der Waals surface area contributed by atoms with Crippen LogP contribution in [0.3, 0.4) is 0 Å². The molecule has 1 saturated heterocycles. The zero-order valence-corrected chi connectivity index (χ0v) is 29.8. The number of nitrogens with zero attached hydrogens (tertiary/aromatic N) is 2. The first-order valence-electron chi connectivity index (χ1n) is 17.2. The summed E-state index contributed by atoms with van der Waals surface area (Å²) < 4.78 is 53.5. The smallest absolute Gasteiger partial charge is 0.405 e. The molecule has 0 bridgehead atoms. The summed E-state index contributed by atoms with van der Waals surface area (Å²) in [4.78, 5) is 59.7.